The van der Waals surface area contributed by atoms with Crippen molar-refractivity contribution in [3.8, 4) is 0 Å². The number of hydrogen-bond donors (Lipinski definition) is 2. The molecule has 0 aliphatic rings. The Morgan fingerprint density at radius 2 is 2.06 bits per heavy atom. The number of nitrogens with two attached hydrogens (primary N) is 1. The lowest BCUT2D eigenvalue weighted by Gasteiger charge is -2.02. The SMILES string of the molecule is Nc1o[nH]c(=O)c1C(=O)OCc1ccccc1. The van der Waals surface area contributed by atoms with Gasteiger partial charge in [0.2, 0.25) is 5.88 Å². The van der Waals surface area contributed by atoms with Crippen LogP contribution >= 0.6 is 0 Å². The minimum absolute atomic E-state index is 0.0731. The van der Waals surface area contributed by atoms with Crippen molar-refractivity contribution >= 4 is 11.9 Å². The van der Waals surface area contributed by atoms with Crippen LogP contribution in [0, 0.1) is 0 Å². The van der Waals surface area contributed by atoms with Crippen molar-refractivity contribution in [2.24, 2.45) is 0 Å². The first kappa shape index (κ1) is 11.0. The lowest BCUT2D eigenvalue weighted by molar-refractivity contribution is 0.0472. The first-order chi connectivity index (χ1) is 8.18. The summed E-state index contributed by atoms with van der Waals surface area (Å²) in [6.07, 6.45) is 0. The van der Waals surface area contributed by atoms with E-state index in [0.717, 1.165) is 5.56 Å². The molecule has 1 heterocycles. The fourth-order valence-electron chi connectivity index (χ4n) is 1.30. The van der Waals surface area contributed by atoms with Crippen LogP contribution in [0.15, 0.2) is 39.6 Å². The molecule has 0 aliphatic heterocycles. The standard InChI is InChI=1S/C11H10N2O4/c12-9-8(10(14)13-17-9)11(15)16-6-7-4-2-1-3-5-7/h1-5H,6,12H2,(H,13,14). The molecule has 0 amide bonds. The summed E-state index contributed by atoms with van der Waals surface area (Å²) in [4.78, 5) is 22.7. The molecule has 2 aromatic rings. The second-order valence-electron chi connectivity index (χ2n) is 3.33. The van der Waals surface area contributed by atoms with Gasteiger partial charge in [-0.15, -0.1) is 0 Å². The minimum atomic E-state index is -0.804. The molecule has 0 fully saturated rings. The van der Waals surface area contributed by atoms with Crippen LogP contribution in [0.5, 0.6) is 0 Å². The van der Waals surface area contributed by atoms with Crippen LogP contribution in [0.4, 0.5) is 5.88 Å². The molecule has 0 radical (unpaired) electrons. The van der Waals surface area contributed by atoms with E-state index in [4.69, 9.17) is 10.5 Å². The molecule has 88 valence electrons. The van der Waals surface area contributed by atoms with E-state index in [-0.39, 0.29) is 18.1 Å². The van der Waals surface area contributed by atoms with Gasteiger partial charge < -0.3 is 15.0 Å². The average molecular weight is 234 g/mol. The molecule has 0 saturated carbocycles. The van der Waals surface area contributed by atoms with Crippen molar-refractivity contribution in [2.75, 3.05) is 5.73 Å². The summed E-state index contributed by atoms with van der Waals surface area (Å²) in [6.45, 7) is 0.0731. The van der Waals surface area contributed by atoms with Gasteiger partial charge in [0.25, 0.3) is 5.56 Å². The Morgan fingerprint density at radius 3 is 2.65 bits per heavy atom. The maximum atomic E-state index is 11.5. The van der Waals surface area contributed by atoms with E-state index in [1.165, 1.54) is 0 Å². The number of nitrogens with one attached hydrogen (secondary N) is 1. The predicted molar refractivity (Wildman–Crippen MR) is 59.3 cm³/mol. The zero-order valence-corrected chi connectivity index (χ0v) is 8.80. The van der Waals surface area contributed by atoms with Gasteiger partial charge in [-0.3, -0.25) is 4.79 Å². The van der Waals surface area contributed by atoms with Crippen molar-refractivity contribution in [1.29, 1.82) is 0 Å². The van der Waals surface area contributed by atoms with Crippen LogP contribution in [0.1, 0.15) is 15.9 Å². The third-order valence-corrected chi connectivity index (χ3v) is 2.14. The van der Waals surface area contributed by atoms with Crippen molar-refractivity contribution in [2.45, 2.75) is 6.61 Å². The van der Waals surface area contributed by atoms with E-state index < -0.39 is 11.5 Å². The molecule has 6 nitrogen and oxygen atoms in total. The number of anilines is 1. The van der Waals surface area contributed by atoms with Gasteiger partial charge in [0.05, 0.1) is 0 Å². The molecular weight excluding hydrogens is 224 g/mol. The number of rotatable bonds is 3. The van der Waals surface area contributed by atoms with Gasteiger partial charge in [-0.05, 0) is 5.56 Å². The average Bonchev–Trinajstić information content (AvgIpc) is 2.67. The quantitative estimate of drug-likeness (QED) is 0.769. The first-order valence-corrected chi connectivity index (χ1v) is 4.86. The maximum Gasteiger partial charge on any atom is 0.349 e. The highest BCUT2D eigenvalue weighted by atomic mass is 16.5. The third-order valence-electron chi connectivity index (χ3n) is 2.14. The van der Waals surface area contributed by atoms with Gasteiger partial charge in [0, 0.05) is 0 Å². The number of hydrogen-bond acceptors (Lipinski definition) is 5. The zero-order valence-electron chi connectivity index (χ0n) is 8.80. The maximum absolute atomic E-state index is 11.5. The third kappa shape index (κ3) is 2.36. The molecule has 6 heteroatoms. The van der Waals surface area contributed by atoms with E-state index in [0.29, 0.717) is 0 Å². The first-order valence-electron chi connectivity index (χ1n) is 4.86. The smallest absolute Gasteiger partial charge is 0.349 e. The van der Waals surface area contributed by atoms with E-state index in [1.54, 1.807) is 12.1 Å². The minimum Gasteiger partial charge on any atom is -0.457 e. The molecule has 0 atom stereocenters. The van der Waals surface area contributed by atoms with Crippen LogP contribution in [0.2, 0.25) is 0 Å². The Kier molecular flexibility index (Phi) is 2.95. The Bertz CT molecular complexity index is 571. The lowest BCUT2D eigenvalue weighted by atomic mass is 10.2. The molecule has 0 aliphatic carbocycles. The van der Waals surface area contributed by atoms with E-state index in [9.17, 15) is 9.59 Å². The van der Waals surface area contributed by atoms with Crippen molar-refractivity contribution in [1.82, 2.24) is 5.16 Å². The molecule has 3 N–H and O–H groups in total. The summed E-state index contributed by atoms with van der Waals surface area (Å²) in [5.74, 6) is -1.07. The van der Waals surface area contributed by atoms with Crippen molar-refractivity contribution in [3.63, 3.8) is 0 Å². The Labute approximate surface area is 96.0 Å². The summed E-state index contributed by atoms with van der Waals surface area (Å²) in [5, 5.41) is 1.96. The predicted octanol–water partition coefficient (Wildman–Crippen LogP) is 0.907. The van der Waals surface area contributed by atoms with Gasteiger partial charge in [0.1, 0.15) is 6.61 Å². The van der Waals surface area contributed by atoms with Crippen LogP contribution in [0.3, 0.4) is 0 Å². The van der Waals surface area contributed by atoms with Gasteiger partial charge in [-0.1, -0.05) is 30.3 Å². The van der Waals surface area contributed by atoms with Gasteiger partial charge in [0.15, 0.2) is 5.56 Å². The van der Waals surface area contributed by atoms with E-state index >= 15 is 0 Å². The second kappa shape index (κ2) is 4.56. The number of ether oxygens (including phenoxy) is 1. The van der Waals surface area contributed by atoms with Crippen LogP contribution in [0.25, 0.3) is 0 Å². The zero-order chi connectivity index (χ0) is 12.3. The number of esters is 1. The van der Waals surface area contributed by atoms with Gasteiger partial charge >= 0.3 is 5.97 Å². The Morgan fingerprint density at radius 1 is 1.35 bits per heavy atom. The number of nitrogen functional groups attached to an aromatic ring is 1. The Balaban J connectivity index is 2.06. The number of carbonyl (C=O) groups excluding carboxylic acids is 1. The number of aromatic amines is 1. The molecular formula is C11H10N2O4. The number of benzene rings is 1. The summed E-state index contributed by atoms with van der Waals surface area (Å²) in [5.41, 5.74) is 5.13. The summed E-state index contributed by atoms with van der Waals surface area (Å²) in [7, 11) is 0. The Hall–Kier alpha value is -2.50. The molecule has 0 bridgehead atoms. The molecule has 2 rings (SSSR count). The molecule has 1 aromatic heterocycles. The van der Waals surface area contributed by atoms with Gasteiger partial charge in [-0.25, -0.2) is 4.79 Å². The summed E-state index contributed by atoms with van der Waals surface area (Å²) in [6, 6.07) is 9.10. The highest BCUT2D eigenvalue weighted by Gasteiger charge is 2.19. The molecule has 17 heavy (non-hydrogen) atoms. The number of carbonyl (C=O) groups is 1. The van der Waals surface area contributed by atoms with Crippen LogP contribution in [-0.2, 0) is 11.3 Å². The fourth-order valence-corrected chi connectivity index (χ4v) is 1.30. The lowest BCUT2D eigenvalue weighted by Crippen LogP contribution is -2.16. The molecule has 1 aromatic carbocycles. The van der Waals surface area contributed by atoms with Gasteiger partial charge in [-0.2, -0.15) is 5.16 Å². The summed E-state index contributed by atoms with van der Waals surface area (Å²) >= 11 is 0. The second-order valence-corrected chi connectivity index (χ2v) is 3.33. The largest absolute Gasteiger partial charge is 0.457 e. The molecule has 0 unspecified atom stereocenters. The van der Waals surface area contributed by atoms with E-state index in [2.05, 4.69) is 4.52 Å². The topological polar surface area (TPSA) is 98.3 Å². The highest BCUT2D eigenvalue weighted by Crippen LogP contribution is 2.08. The van der Waals surface area contributed by atoms with Crippen molar-refractivity contribution < 1.29 is 14.1 Å². The monoisotopic (exact) mass is 234 g/mol. The van der Waals surface area contributed by atoms with Crippen LogP contribution < -0.4 is 11.3 Å². The highest BCUT2D eigenvalue weighted by molar-refractivity contribution is 5.93. The molecule has 0 spiro atoms. The number of aromatic nitrogens is 1. The van der Waals surface area contributed by atoms with Crippen molar-refractivity contribution in [3.05, 3.63) is 51.8 Å². The number of H-pyrrole nitrogens is 1. The van der Waals surface area contributed by atoms with Crippen LogP contribution in [-0.4, -0.2) is 11.1 Å². The molecule has 0 saturated heterocycles. The normalized spacial score (nSPS) is 10.1. The van der Waals surface area contributed by atoms with E-state index in [1.807, 2.05) is 23.4 Å². The fraction of sp³-hybridized carbons (Fsp3) is 0.0909. The summed E-state index contributed by atoms with van der Waals surface area (Å²) < 4.78 is 9.44.